The molecule has 1 aliphatic rings. The molecule has 0 aromatic heterocycles. The van der Waals surface area contributed by atoms with Gasteiger partial charge in [0.2, 0.25) is 10.0 Å². The molecule has 3 rings (SSSR count). The Balaban J connectivity index is 1.48. The highest BCUT2D eigenvalue weighted by molar-refractivity contribution is 7.89. The standard InChI is InChI=1S/C22H28N2O5S/c1-17-11-13-24(14-12-17)30(26,27)21-9-7-20(8-10-21)29-16-22(25)23-15-18-3-5-19(28-2)6-4-18/h3-10,17H,11-16H2,1-2H3,(H,23,25). The molecule has 1 amide bonds. The van der Waals surface area contributed by atoms with Gasteiger partial charge in [0.15, 0.2) is 6.61 Å². The quantitative estimate of drug-likeness (QED) is 0.693. The highest BCUT2D eigenvalue weighted by Gasteiger charge is 2.27. The lowest BCUT2D eigenvalue weighted by Crippen LogP contribution is -2.37. The molecule has 0 unspecified atom stereocenters. The summed E-state index contributed by atoms with van der Waals surface area (Å²) in [4.78, 5) is 12.3. The number of hydrogen-bond acceptors (Lipinski definition) is 5. The summed E-state index contributed by atoms with van der Waals surface area (Å²) in [7, 11) is -1.89. The Morgan fingerprint density at radius 2 is 1.63 bits per heavy atom. The Morgan fingerprint density at radius 3 is 2.23 bits per heavy atom. The average Bonchev–Trinajstić information content (AvgIpc) is 2.77. The maximum absolute atomic E-state index is 12.7. The number of piperidine rings is 1. The third-order valence-electron chi connectivity index (χ3n) is 5.22. The molecule has 8 heteroatoms. The molecule has 1 N–H and O–H groups in total. The van der Waals surface area contributed by atoms with Crippen molar-refractivity contribution < 1.29 is 22.7 Å². The van der Waals surface area contributed by atoms with Gasteiger partial charge in [-0.3, -0.25) is 4.79 Å². The number of carbonyl (C=O) groups excluding carboxylic acids is 1. The summed E-state index contributed by atoms with van der Waals surface area (Å²) in [5.74, 6) is 1.50. The highest BCUT2D eigenvalue weighted by atomic mass is 32.2. The second-order valence-electron chi connectivity index (χ2n) is 7.47. The Hall–Kier alpha value is -2.58. The van der Waals surface area contributed by atoms with Crippen LogP contribution in [0.5, 0.6) is 11.5 Å². The molecular weight excluding hydrogens is 404 g/mol. The van der Waals surface area contributed by atoms with Gasteiger partial charge in [-0.05, 0) is 60.7 Å². The van der Waals surface area contributed by atoms with Gasteiger partial charge in [0.25, 0.3) is 5.91 Å². The molecule has 0 atom stereocenters. The first kappa shape index (κ1) is 22.1. The number of hydrogen-bond donors (Lipinski definition) is 1. The largest absolute Gasteiger partial charge is 0.497 e. The summed E-state index contributed by atoms with van der Waals surface area (Å²) >= 11 is 0. The first-order valence-electron chi connectivity index (χ1n) is 10.0. The molecule has 1 heterocycles. The minimum absolute atomic E-state index is 0.147. The minimum atomic E-state index is -3.49. The van der Waals surface area contributed by atoms with Crippen LogP contribution in [0.2, 0.25) is 0 Å². The SMILES string of the molecule is COc1ccc(CNC(=O)COc2ccc(S(=O)(=O)N3CCC(C)CC3)cc2)cc1. The van der Waals surface area contributed by atoms with Crippen LogP contribution in [0.15, 0.2) is 53.4 Å². The lowest BCUT2D eigenvalue weighted by molar-refractivity contribution is -0.123. The van der Waals surface area contributed by atoms with Crippen LogP contribution < -0.4 is 14.8 Å². The summed E-state index contributed by atoms with van der Waals surface area (Å²) in [6, 6.07) is 13.6. The summed E-state index contributed by atoms with van der Waals surface area (Å²) < 4.78 is 37.6. The van der Waals surface area contributed by atoms with E-state index in [1.165, 1.54) is 16.4 Å². The monoisotopic (exact) mass is 432 g/mol. The maximum atomic E-state index is 12.7. The maximum Gasteiger partial charge on any atom is 0.258 e. The number of carbonyl (C=O) groups is 1. The predicted octanol–water partition coefficient (Wildman–Crippen LogP) is 2.81. The molecule has 2 aromatic carbocycles. The number of benzene rings is 2. The molecule has 162 valence electrons. The Labute approximate surface area is 178 Å². The van der Waals surface area contributed by atoms with E-state index in [2.05, 4.69) is 12.2 Å². The molecule has 7 nitrogen and oxygen atoms in total. The van der Waals surface area contributed by atoms with Crippen molar-refractivity contribution in [2.45, 2.75) is 31.2 Å². The molecule has 0 saturated carbocycles. The molecule has 0 aliphatic carbocycles. The molecule has 30 heavy (non-hydrogen) atoms. The van der Waals surface area contributed by atoms with Crippen LogP contribution >= 0.6 is 0 Å². The van der Waals surface area contributed by atoms with Crippen molar-refractivity contribution in [2.24, 2.45) is 5.92 Å². The number of methoxy groups -OCH3 is 1. The Bertz CT molecular complexity index is 934. The van der Waals surface area contributed by atoms with Crippen LogP contribution in [-0.2, 0) is 21.4 Å². The smallest absolute Gasteiger partial charge is 0.258 e. The van der Waals surface area contributed by atoms with E-state index in [-0.39, 0.29) is 17.4 Å². The van der Waals surface area contributed by atoms with Gasteiger partial charge < -0.3 is 14.8 Å². The van der Waals surface area contributed by atoms with Crippen LogP contribution in [0.25, 0.3) is 0 Å². The van der Waals surface area contributed by atoms with E-state index in [0.29, 0.717) is 31.3 Å². The number of amides is 1. The third kappa shape index (κ3) is 5.73. The van der Waals surface area contributed by atoms with E-state index in [1.54, 1.807) is 19.2 Å². The molecule has 2 aromatic rings. The van der Waals surface area contributed by atoms with Gasteiger partial charge in [-0.15, -0.1) is 0 Å². The first-order valence-corrected chi connectivity index (χ1v) is 11.4. The van der Waals surface area contributed by atoms with Crippen molar-refractivity contribution in [3.63, 3.8) is 0 Å². The average molecular weight is 433 g/mol. The molecule has 1 fully saturated rings. The van der Waals surface area contributed by atoms with Crippen molar-refractivity contribution >= 4 is 15.9 Å². The van der Waals surface area contributed by atoms with Crippen molar-refractivity contribution in [2.75, 3.05) is 26.8 Å². The van der Waals surface area contributed by atoms with Crippen LogP contribution in [0.4, 0.5) is 0 Å². The van der Waals surface area contributed by atoms with Gasteiger partial charge in [0, 0.05) is 19.6 Å². The summed E-state index contributed by atoms with van der Waals surface area (Å²) in [5.41, 5.74) is 0.950. The van der Waals surface area contributed by atoms with Gasteiger partial charge in [0.05, 0.1) is 12.0 Å². The summed E-state index contributed by atoms with van der Waals surface area (Å²) in [5, 5.41) is 2.78. The second-order valence-corrected chi connectivity index (χ2v) is 9.41. The summed E-state index contributed by atoms with van der Waals surface area (Å²) in [6.45, 7) is 3.49. The zero-order valence-electron chi connectivity index (χ0n) is 17.3. The first-order chi connectivity index (χ1) is 14.4. The van der Waals surface area contributed by atoms with Crippen LogP contribution in [0, 0.1) is 5.92 Å². The topological polar surface area (TPSA) is 84.9 Å². The Morgan fingerprint density at radius 1 is 1.03 bits per heavy atom. The van der Waals surface area contributed by atoms with E-state index in [0.717, 1.165) is 24.2 Å². The lowest BCUT2D eigenvalue weighted by atomic mass is 10.0. The fourth-order valence-corrected chi connectivity index (χ4v) is 4.70. The lowest BCUT2D eigenvalue weighted by Gasteiger charge is -2.29. The highest BCUT2D eigenvalue weighted by Crippen LogP contribution is 2.24. The second kappa shape index (κ2) is 9.95. The molecule has 1 saturated heterocycles. The van der Waals surface area contributed by atoms with Crippen molar-refractivity contribution in [1.29, 1.82) is 0 Å². The van der Waals surface area contributed by atoms with Gasteiger partial charge in [0.1, 0.15) is 11.5 Å². The van der Waals surface area contributed by atoms with Crippen LogP contribution in [-0.4, -0.2) is 45.4 Å². The van der Waals surface area contributed by atoms with Crippen molar-refractivity contribution in [3.05, 3.63) is 54.1 Å². The third-order valence-corrected chi connectivity index (χ3v) is 7.14. The normalized spacial score (nSPS) is 15.5. The van der Waals surface area contributed by atoms with E-state index < -0.39 is 10.0 Å². The number of nitrogens with one attached hydrogen (secondary N) is 1. The van der Waals surface area contributed by atoms with Crippen molar-refractivity contribution in [1.82, 2.24) is 9.62 Å². The van der Waals surface area contributed by atoms with E-state index >= 15 is 0 Å². The van der Waals surface area contributed by atoms with Gasteiger partial charge in [-0.1, -0.05) is 19.1 Å². The number of sulfonamides is 1. The van der Waals surface area contributed by atoms with Gasteiger partial charge >= 0.3 is 0 Å². The summed E-state index contributed by atoms with van der Waals surface area (Å²) in [6.07, 6.45) is 1.76. The zero-order valence-corrected chi connectivity index (χ0v) is 18.2. The predicted molar refractivity (Wildman–Crippen MR) is 114 cm³/mol. The van der Waals surface area contributed by atoms with Crippen LogP contribution in [0.3, 0.4) is 0 Å². The van der Waals surface area contributed by atoms with Crippen LogP contribution in [0.1, 0.15) is 25.3 Å². The molecule has 0 radical (unpaired) electrons. The number of rotatable bonds is 8. The van der Waals surface area contributed by atoms with E-state index in [1.807, 2.05) is 24.3 Å². The van der Waals surface area contributed by atoms with E-state index in [4.69, 9.17) is 9.47 Å². The molecule has 0 spiro atoms. The van der Waals surface area contributed by atoms with Gasteiger partial charge in [-0.2, -0.15) is 4.31 Å². The molecular formula is C22H28N2O5S. The Kier molecular flexibility index (Phi) is 7.33. The molecule has 0 bridgehead atoms. The van der Waals surface area contributed by atoms with Gasteiger partial charge in [-0.25, -0.2) is 8.42 Å². The fraction of sp³-hybridized carbons (Fsp3) is 0.409. The number of ether oxygens (including phenoxy) is 2. The number of nitrogens with zero attached hydrogens (tertiary/aromatic N) is 1. The minimum Gasteiger partial charge on any atom is -0.497 e. The van der Waals surface area contributed by atoms with E-state index in [9.17, 15) is 13.2 Å². The van der Waals surface area contributed by atoms with Crippen molar-refractivity contribution in [3.8, 4) is 11.5 Å². The molecule has 1 aliphatic heterocycles. The fourth-order valence-electron chi connectivity index (χ4n) is 3.23. The zero-order chi connectivity index (χ0) is 21.6.